The zero-order valence-corrected chi connectivity index (χ0v) is 13.3. The van der Waals surface area contributed by atoms with Crippen LogP contribution < -0.4 is 5.32 Å². The van der Waals surface area contributed by atoms with Crippen molar-refractivity contribution in [3.05, 3.63) is 0 Å². The minimum absolute atomic E-state index is 0.485. The van der Waals surface area contributed by atoms with E-state index in [9.17, 15) is 0 Å². The van der Waals surface area contributed by atoms with Gasteiger partial charge in [0.1, 0.15) is 0 Å². The van der Waals surface area contributed by atoms with Gasteiger partial charge < -0.3 is 5.32 Å². The Morgan fingerprint density at radius 2 is 1.35 bits per heavy atom. The Labute approximate surface area is 110 Å². The average Bonchev–Trinajstić information content (AvgIpc) is 2.11. The Hall–Kier alpha value is -0.0400. The Balaban J connectivity index is 3.59. The summed E-state index contributed by atoms with van der Waals surface area (Å²) in [6, 6.07) is 0. The maximum atomic E-state index is 3.56. The lowest BCUT2D eigenvalue weighted by atomic mass is 9.83. The van der Waals surface area contributed by atoms with Gasteiger partial charge in [0.2, 0.25) is 0 Å². The lowest BCUT2D eigenvalue weighted by molar-refractivity contribution is 0.281. The minimum Gasteiger partial charge on any atom is -0.316 e. The van der Waals surface area contributed by atoms with Crippen LogP contribution in [0.3, 0.4) is 0 Å². The number of rotatable bonds is 8. The van der Waals surface area contributed by atoms with Crippen molar-refractivity contribution < 1.29 is 0 Å². The molecule has 0 saturated carbocycles. The maximum Gasteiger partial charge on any atom is -0.00230 e. The summed E-state index contributed by atoms with van der Waals surface area (Å²) in [5.41, 5.74) is 0.485. The van der Waals surface area contributed by atoms with Gasteiger partial charge in [0, 0.05) is 0 Å². The quantitative estimate of drug-likeness (QED) is 0.648. The third-order valence-electron chi connectivity index (χ3n) is 3.16. The lowest BCUT2D eigenvalue weighted by Gasteiger charge is -2.24. The molecule has 0 amide bonds. The average molecular weight is 241 g/mol. The van der Waals surface area contributed by atoms with Gasteiger partial charge in [-0.25, -0.2) is 0 Å². The smallest absolute Gasteiger partial charge is 0.00230 e. The molecule has 0 rings (SSSR count). The molecule has 0 spiro atoms. The van der Waals surface area contributed by atoms with E-state index < -0.39 is 0 Å². The SMILES string of the molecule is CC(C)CNCC(C)CCC(C)CC(C)(C)C. The highest BCUT2D eigenvalue weighted by Gasteiger charge is 2.15. The topological polar surface area (TPSA) is 12.0 Å². The van der Waals surface area contributed by atoms with Crippen LogP contribution in [0.4, 0.5) is 0 Å². The Kier molecular flexibility index (Phi) is 8.11. The lowest BCUT2D eigenvalue weighted by Crippen LogP contribution is -2.25. The highest BCUT2D eigenvalue weighted by molar-refractivity contribution is 4.68. The predicted octanol–water partition coefficient (Wildman–Crippen LogP) is 4.72. The summed E-state index contributed by atoms with van der Waals surface area (Å²) in [5.74, 6) is 2.45. The molecule has 0 heterocycles. The van der Waals surface area contributed by atoms with E-state index in [0.717, 1.165) is 24.3 Å². The first-order valence-corrected chi connectivity index (χ1v) is 7.41. The molecule has 0 bridgehead atoms. The third-order valence-corrected chi connectivity index (χ3v) is 3.16. The van der Waals surface area contributed by atoms with E-state index in [2.05, 4.69) is 53.8 Å². The summed E-state index contributed by atoms with van der Waals surface area (Å²) in [7, 11) is 0. The summed E-state index contributed by atoms with van der Waals surface area (Å²) in [4.78, 5) is 0. The molecule has 1 N–H and O–H groups in total. The van der Waals surface area contributed by atoms with Crippen LogP contribution in [0.25, 0.3) is 0 Å². The van der Waals surface area contributed by atoms with Crippen LogP contribution in [0.1, 0.15) is 67.7 Å². The largest absolute Gasteiger partial charge is 0.316 e. The van der Waals surface area contributed by atoms with Crippen molar-refractivity contribution in [3.63, 3.8) is 0 Å². The highest BCUT2D eigenvalue weighted by atomic mass is 14.9. The second kappa shape index (κ2) is 8.13. The molecular formula is C16H35N. The van der Waals surface area contributed by atoms with Crippen molar-refractivity contribution in [1.82, 2.24) is 5.32 Å². The van der Waals surface area contributed by atoms with Crippen molar-refractivity contribution in [2.45, 2.75) is 67.7 Å². The van der Waals surface area contributed by atoms with Gasteiger partial charge in [0.15, 0.2) is 0 Å². The van der Waals surface area contributed by atoms with Crippen LogP contribution in [-0.2, 0) is 0 Å². The fraction of sp³-hybridized carbons (Fsp3) is 1.00. The van der Waals surface area contributed by atoms with E-state index in [0.29, 0.717) is 5.41 Å². The predicted molar refractivity (Wildman–Crippen MR) is 79.3 cm³/mol. The van der Waals surface area contributed by atoms with Crippen molar-refractivity contribution in [2.75, 3.05) is 13.1 Å². The summed E-state index contributed by atoms with van der Waals surface area (Å²) in [6.45, 7) is 18.7. The molecule has 2 unspecified atom stereocenters. The minimum atomic E-state index is 0.485. The van der Waals surface area contributed by atoms with Crippen LogP contribution in [-0.4, -0.2) is 13.1 Å². The Bertz CT molecular complexity index is 178. The van der Waals surface area contributed by atoms with E-state index in [-0.39, 0.29) is 0 Å². The summed E-state index contributed by atoms with van der Waals surface area (Å²) < 4.78 is 0. The Morgan fingerprint density at radius 1 is 0.824 bits per heavy atom. The third kappa shape index (κ3) is 12.2. The monoisotopic (exact) mass is 241 g/mol. The second-order valence-electron chi connectivity index (χ2n) is 7.60. The molecule has 2 atom stereocenters. The highest BCUT2D eigenvalue weighted by Crippen LogP contribution is 2.27. The molecule has 0 aliphatic rings. The van der Waals surface area contributed by atoms with E-state index in [1.807, 2.05) is 0 Å². The van der Waals surface area contributed by atoms with Gasteiger partial charge in [-0.2, -0.15) is 0 Å². The molecular weight excluding hydrogens is 206 g/mol. The molecule has 0 aliphatic heterocycles. The van der Waals surface area contributed by atoms with Gasteiger partial charge in [-0.1, -0.05) is 54.9 Å². The van der Waals surface area contributed by atoms with E-state index in [1.165, 1.54) is 25.8 Å². The van der Waals surface area contributed by atoms with Gasteiger partial charge >= 0.3 is 0 Å². The number of nitrogens with one attached hydrogen (secondary N) is 1. The fourth-order valence-corrected chi connectivity index (χ4v) is 2.44. The van der Waals surface area contributed by atoms with Crippen LogP contribution in [0.5, 0.6) is 0 Å². The number of hydrogen-bond donors (Lipinski definition) is 1. The van der Waals surface area contributed by atoms with Crippen molar-refractivity contribution in [2.24, 2.45) is 23.2 Å². The number of hydrogen-bond acceptors (Lipinski definition) is 1. The van der Waals surface area contributed by atoms with E-state index >= 15 is 0 Å². The molecule has 0 aromatic rings. The van der Waals surface area contributed by atoms with E-state index in [1.54, 1.807) is 0 Å². The van der Waals surface area contributed by atoms with Gasteiger partial charge in [-0.3, -0.25) is 0 Å². The van der Waals surface area contributed by atoms with Gasteiger partial charge in [-0.15, -0.1) is 0 Å². The van der Waals surface area contributed by atoms with Gasteiger partial charge in [-0.05, 0) is 49.1 Å². The van der Waals surface area contributed by atoms with Crippen LogP contribution in [0.2, 0.25) is 0 Å². The van der Waals surface area contributed by atoms with Crippen LogP contribution in [0, 0.1) is 23.2 Å². The van der Waals surface area contributed by atoms with Crippen molar-refractivity contribution in [1.29, 1.82) is 0 Å². The van der Waals surface area contributed by atoms with Crippen LogP contribution >= 0.6 is 0 Å². The zero-order valence-electron chi connectivity index (χ0n) is 13.3. The van der Waals surface area contributed by atoms with Gasteiger partial charge in [0.05, 0.1) is 0 Å². The first-order chi connectivity index (χ1) is 7.70. The van der Waals surface area contributed by atoms with E-state index in [4.69, 9.17) is 0 Å². The van der Waals surface area contributed by atoms with Gasteiger partial charge in [0.25, 0.3) is 0 Å². The molecule has 0 radical (unpaired) electrons. The standard InChI is InChI=1S/C16H35N/c1-13(2)11-17-12-15(4)9-8-14(3)10-16(5,6)7/h13-15,17H,8-12H2,1-7H3. The molecule has 0 fully saturated rings. The Morgan fingerprint density at radius 3 is 1.82 bits per heavy atom. The summed E-state index contributed by atoms with van der Waals surface area (Å²) in [5, 5.41) is 3.56. The molecule has 0 aromatic heterocycles. The molecule has 0 saturated heterocycles. The molecule has 0 aromatic carbocycles. The summed E-state index contributed by atoms with van der Waals surface area (Å²) >= 11 is 0. The second-order valence-corrected chi connectivity index (χ2v) is 7.60. The first kappa shape index (κ1) is 17.0. The van der Waals surface area contributed by atoms with Crippen molar-refractivity contribution in [3.8, 4) is 0 Å². The molecule has 104 valence electrons. The first-order valence-electron chi connectivity index (χ1n) is 7.41. The fourth-order valence-electron chi connectivity index (χ4n) is 2.44. The zero-order chi connectivity index (χ0) is 13.5. The normalized spacial score (nSPS) is 16.2. The maximum absolute atomic E-state index is 3.56. The van der Waals surface area contributed by atoms with Crippen LogP contribution in [0.15, 0.2) is 0 Å². The molecule has 0 aliphatic carbocycles. The summed E-state index contributed by atoms with van der Waals surface area (Å²) in [6.07, 6.45) is 4.09. The van der Waals surface area contributed by atoms with Crippen molar-refractivity contribution >= 4 is 0 Å². The molecule has 1 heteroatoms. The molecule has 1 nitrogen and oxygen atoms in total. The molecule has 17 heavy (non-hydrogen) atoms.